The molecule has 1 fully saturated rings. The van der Waals surface area contributed by atoms with Crippen molar-refractivity contribution in [2.45, 2.75) is 25.7 Å². The molecule has 4 nitrogen and oxygen atoms in total. The second kappa shape index (κ2) is 7.90. The number of benzene rings is 1. The lowest BCUT2D eigenvalue weighted by atomic mass is 10.2. The van der Waals surface area contributed by atoms with Gasteiger partial charge in [-0.3, -0.25) is 4.79 Å². The summed E-state index contributed by atoms with van der Waals surface area (Å²) < 4.78 is 11.0. The van der Waals surface area contributed by atoms with Gasteiger partial charge in [-0.1, -0.05) is 0 Å². The number of methoxy groups -OCH3 is 1. The molecule has 0 aliphatic carbocycles. The van der Waals surface area contributed by atoms with Crippen LogP contribution in [0, 0.1) is 0 Å². The minimum Gasteiger partial charge on any atom is -0.493 e. The molecule has 20 heavy (non-hydrogen) atoms. The number of carbonyl (C=O) groups excluding carboxylic acids is 1. The Morgan fingerprint density at radius 1 is 1.20 bits per heavy atom. The van der Waals surface area contributed by atoms with Gasteiger partial charge in [0.05, 0.1) is 13.7 Å². The number of hydrogen-bond donors (Lipinski definition) is 0. The lowest BCUT2D eigenvalue weighted by Gasteiger charge is -2.14. The maximum absolute atomic E-state index is 10.7. The van der Waals surface area contributed by atoms with E-state index < -0.39 is 0 Å². The predicted molar refractivity (Wildman–Crippen MR) is 78.8 cm³/mol. The molecule has 1 aliphatic rings. The standard InChI is InChI=1S/C16H23NO3/c1-19-16-12-14(13-18)6-7-15(16)20-11-5-4-10-17-8-2-3-9-17/h6-7,12-13H,2-5,8-11H2,1H3. The lowest BCUT2D eigenvalue weighted by molar-refractivity contribution is 0.112. The van der Waals surface area contributed by atoms with Crippen molar-refractivity contribution in [1.29, 1.82) is 0 Å². The zero-order chi connectivity index (χ0) is 14.2. The highest BCUT2D eigenvalue weighted by atomic mass is 16.5. The molecule has 0 N–H and O–H groups in total. The van der Waals surface area contributed by atoms with Crippen LogP contribution in [0.1, 0.15) is 36.0 Å². The Bertz CT molecular complexity index is 428. The number of hydrogen-bond acceptors (Lipinski definition) is 4. The van der Waals surface area contributed by atoms with Crippen molar-refractivity contribution >= 4 is 6.29 Å². The summed E-state index contributed by atoms with van der Waals surface area (Å²) in [4.78, 5) is 13.2. The molecule has 0 radical (unpaired) electrons. The van der Waals surface area contributed by atoms with E-state index in [4.69, 9.17) is 9.47 Å². The molecule has 110 valence electrons. The highest BCUT2D eigenvalue weighted by molar-refractivity contribution is 5.76. The molecule has 1 aromatic carbocycles. The molecule has 0 spiro atoms. The first-order valence-electron chi connectivity index (χ1n) is 7.32. The van der Waals surface area contributed by atoms with Crippen LogP contribution >= 0.6 is 0 Å². The summed E-state index contributed by atoms with van der Waals surface area (Å²) in [5.41, 5.74) is 0.600. The van der Waals surface area contributed by atoms with Gasteiger partial charge in [0.2, 0.25) is 0 Å². The lowest BCUT2D eigenvalue weighted by Crippen LogP contribution is -2.20. The summed E-state index contributed by atoms with van der Waals surface area (Å²) in [6.07, 6.45) is 5.69. The van der Waals surface area contributed by atoms with Gasteiger partial charge in [0.1, 0.15) is 6.29 Å². The number of aldehydes is 1. The van der Waals surface area contributed by atoms with Crippen molar-refractivity contribution in [3.05, 3.63) is 23.8 Å². The van der Waals surface area contributed by atoms with Crippen molar-refractivity contribution in [1.82, 2.24) is 4.90 Å². The van der Waals surface area contributed by atoms with E-state index in [0.717, 1.165) is 19.1 Å². The molecule has 0 amide bonds. The van der Waals surface area contributed by atoms with Crippen LogP contribution in [0.5, 0.6) is 11.5 Å². The molecule has 1 saturated heterocycles. The molecular weight excluding hydrogens is 254 g/mol. The first-order valence-corrected chi connectivity index (χ1v) is 7.32. The fourth-order valence-corrected chi connectivity index (χ4v) is 2.50. The van der Waals surface area contributed by atoms with Gasteiger partial charge in [0, 0.05) is 5.56 Å². The van der Waals surface area contributed by atoms with Crippen LogP contribution in [0.25, 0.3) is 0 Å². The fourth-order valence-electron chi connectivity index (χ4n) is 2.50. The minimum atomic E-state index is 0.600. The van der Waals surface area contributed by atoms with Gasteiger partial charge in [-0.15, -0.1) is 0 Å². The van der Waals surface area contributed by atoms with E-state index in [0.29, 0.717) is 23.7 Å². The maximum Gasteiger partial charge on any atom is 0.161 e. The quantitative estimate of drug-likeness (QED) is 0.541. The Kier molecular flexibility index (Phi) is 5.87. The molecule has 0 bridgehead atoms. The molecular formula is C16H23NO3. The third-order valence-electron chi connectivity index (χ3n) is 3.65. The van der Waals surface area contributed by atoms with E-state index in [9.17, 15) is 4.79 Å². The Morgan fingerprint density at radius 2 is 2.00 bits per heavy atom. The SMILES string of the molecule is COc1cc(C=O)ccc1OCCCCN1CCCC1. The third kappa shape index (κ3) is 4.23. The molecule has 1 aliphatic heterocycles. The van der Waals surface area contributed by atoms with Gasteiger partial charge in [0.25, 0.3) is 0 Å². The van der Waals surface area contributed by atoms with E-state index >= 15 is 0 Å². The molecule has 0 atom stereocenters. The normalized spacial score (nSPS) is 15.2. The maximum atomic E-state index is 10.7. The zero-order valence-electron chi connectivity index (χ0n) is 12.1. The molecule has 1 aromatic rings. The van der Waals surface area contributed by atoms with Crippen molar-refractivity contribution in [3.63, 3.8) is 0 Å². The van der Waals surface area contributed by atoms with E-state index in [1.807, 2.05) is 0 Å². The molecule has 1 heterocycles. The topological polar surface area (TPSA) is 38.8 Å². The highest BCUT2D eigenvalue weighted by Crippen LogP contribution is 2.27. The zero-order valence-corrected chi connectivity index (χ0v) is 12.1. The number of rotatable bonds is 8. The van der Waals surface area contributed by atoms with Crippen LogP contribution in [0.2, 0.25) is 0 Å². The molecule has 0 aromatic heterocycles. The Hall–Kier alpha value is -1.55. The van der Waals surface area contributed by atoms with E-state index in [-0.39, 0.29) is 0 Å². The number of ether oxygens (including phenoxy) is 2. The second-order valence-corrected chi connectivity index (χ2v) is 5.13. The first kappa shape index (κ1) is 14.9. The predicted octanol–water partition coefficient (Wildman–Crippen LogP) is 2.76. The number of carbonyl (C=O) groups is 1. The van der Waals surface area contributed by atoms with E-state index in [2.05, 4.69) is 4.90 Å². The van der Waals surface area contributed by atoms with Crippen LogP contribution in [0.3, 0.4) is 0 Å². The summed E-state index contributed by atoms with van der Waals surface area (Å²) in [5, 5.41) is 0. The van der Waals surface area contributed by atoms with Gasteiger partial charge in [-0.25, -0.2) is 0 Å². The van der Waals surface area contributed by atoms with Crippen molar-refractivity contribution in [2.24, 2.45) is 0 Å². The molecule has 0 saturated carbocycles. The van der Waals surface area contributed by atoms with Crippen molar-refractivity contribution < 1.29 is 14.3 Å². The number of unbranched alkanes of at least 4 members (excludes halogenated alkanes) is 1. The van der Waals surface area contributed by atoms with Crippen LogP contribution in [-0.4, -0.2) is 44.5 Å². The third-order valence-corrected chi connectivity index (χ3v) is 3.65. The molecule has 4 heteroatoms. The molecule has 0 unspecified atom stereocenters. The Labute approximate surface area is 120 Å². The fraction of sp³-hybridized carbons (Fsp3) is 0.562. The van der Waals surface area contributed by atoms with Crippen LogP contribution in [0.15, 0.2) is 18.2 Å². The highest BCUT2D eigenvalue weighted by Gasteiger charge is 2.10. The smallest absolute Gasteiger partial charge is 0.161 e. The number of likely N-dealkylation sites (tertiary alicyclic amines) is 1. The molecule has 2 rings (SSSR count). The van der Waals surface area contributed by atoms with E-state index in [1.165, 1.54) is 32.5 Å². The van der Waals surface area contributed by atoms with Crippen LogP contribution in [0.4, 0.5) is 0 Å². The number of nitrogens with zero attached hydrogens (tertiary/aromatic N) is 1. The average molecular weight is 277 g/mol. The van der Waals surface area contributed by atoms with Crippen LogP contribution in [-0.2, 0) is 0 Å². The summed E-state index contributed by atoms with van der Waals surface area (Å²) in [6, 6.07) is 5.24. The van der Waals surface area contributed by atoms with E-state index in [1.54, 1.807) is 25.3 Å². The van der Waals surface area contributed by atoms with Crippen LogP contribution < -0.4 is 9.47 Å². The van der Waals surface area contributed by atoms with Gasteiger partial charge < -0.3 is 14.4 Å². The summed E-state index contributed by atoms with van der Waals surface area (Å²) in [6.45, 7) is 4.36. The monoisotopic (exact) mass is 277 g/mol. The van der Waals surface area contributed by atoms with Gasteiger partial charge in [-0.2, -0.15) is 0 Å². The van der Waals surface area contributed by atoms with Crippen molar-refractivity contribution in [3.8, 4) is 11.5 Å². The van der Waals surface area contributed by atoms with Gasteiger partial charge >= 0.3 is 0 Å². The van der Waals surface area contributed by atoms with Gasteiger partial charge in [0.15, 0.2) is 11.5 Å². The summed E-state index contributed by atoms with van der Waals surface area (Å²) in [5.74, 6) is 1.33. The second-order valence-electron chi connectivity index (χ2n) is 5.13. The van der Waals surface area contributed by atoms with Crippen molar-refractivity contribution in [2.75, 3.05) is 33.4 Å². The summed E-state index contributed by atoms with van der Waals surface area (Å²) >= 11 is 0. The van der Waals surface area contributed by atoms with Gasteiger partial charge in [-0.05, 0) is 63.5 Å². The Morgan fingerprint density at radius 3 is 2.70 bits per heavy atom. The minimum absolute atomic E-state index is 0.600. The largest absolute Gasteiger partial charge is 0.493 e. The summed E-state index contributed by atoms with van der Waals surface area (Å²) in [7, 11) is 1.59. The first-order chi connectivity index (χ1) is 9.83. The Balaban J connectivity index is 1.71. The average Bonchev–Trinajstić information content (AvgIpc) is 3.00.